The summed E-state index contributed by atoms with van der Waals surface area (Å²) in [5.74, 6) is 0.668. The topological polar surface area (TPSA) is 46.9 Å². The molecule has 3 aromatic rings. The molecule has 1 aromatic heterocycles. The summed E-state index contributed by atoms with van der Waals surface area (Å²) in [5, 5.41) is 3.08. The lowest BCUT2D eigenvalue weighted by molar-refractivity contribution is 0.0936. The molecule has 1 fully saturated rings. The number of amides is 1. The van der Waals surface area contributed by atoms with Crippen LogP contribution in [-0.4, -0.2) is 21.5 Å². The number of rotatable bonds is 4. The summed E-state index contributed by atoms with van der Waals surface area (Å²) in [6.45, 7) is 2.08. The number of hydrogen-bond acceptors (Lipinski definition) is 2. The van der Waals surface area contributed by atoms with Crippen LogP contribution in [0.3, 0.4) is 0 Å². The lowest BCUT2D eigenvalue weighted by Gasteiger charge is -2.13. The second-order valence-corrected chi connectivity index (χ2v) is 6.25. The average Bonchev–Trinajstić information content (AvgIpc) is 3.35. The first-order valence-electron chi connectivity index (χ1n) is 8.06. The van der Waals surface area contributed by atoms with Crippen molar-refractivity contribution in [1.82, 2.24) is 14.9 Å². The van der Waals surface area contributed by atoms with Crippen LogP contribution in [0.15, 0.2) is 54.9 Å². The fraction of sp³-hybridized carbons (Fsp3) is 0.263. The molecule has 1 heterocycles. The highest BCUT2D eigenvalue weighted by molar-refractivity contribution is 5.94. The van der Waals surface area contributed by atoms with Crippen molar-refractivity contribution in [2.75, 3.05) is 0 Å². The van der Waals surface area contributed by atoms with Gasteiger partial charge in [-0.15, -0.1) is 0 Å². The molecule has 23 heavy (non-hydrogen) atoms. The van der Waals surface area contributed by atoms with Crippen molar-refractivity contribution in [1.29, 1.82) is 0 Å². The molecule has 4 rings (SSSR count). The Morgan fingerprint density at radius 1 is 1.17 bits per heavy atom. The van der Waals surface area contributed by atoms with E-state index in [-0.39, 0.29) is 11.9 Å². The van der Waals surface area contributed by atoms with E-state index in [1.54, 1.807) is 0 Å². The van der Waals surface area contributed by atoms with Gasteiger partial charge in [0.25, 0.3) is 5.91 Å². The minimum Gasteiger partial charge on any atom is -0.349 e. The van der Waals surface area contributed by atoms with Crippen molar-refractivity contribution in [3.63, 3.8) is 0 Å². The Balaban J connectivity index is 1.56. The maximum absolute atomic E-state index is 12.3. The molecular weight excluding hydrogens is 286 g/mol. The standard InChI is InChI=1S/C19H19N3O/c1-13(14-6-7-14)21-19(23)15-8-10-16(11-9-15)22-12-20-17-4-2-3-5-18(17)22/h2-5,8-14H,6-7H2,1H3,(H,21,23)/t13-/m1/s1. The molecular formula is C19H19N3O. The van der Waals surface area contributed by atoms with Gasteiger partial charge in [0.2, 0.25) is 0 Å². The highest BCUT2D eigenvalue weighted by atomic mass is 16.1. The van der Waals surface area contributed by atoms with E-state index >= 15 is 0 Å². The smallest absolute Gasteiger partial charge is 0.251 e. The van der Waals surface area contributed by atoms with Crippen molar-refractivity contribution in [3.05, 3.63) is 60.4 Å². The van der Waals surface area contributed by atoms with Gasteiger partial charge < -0.3 is 5.32 Å². The molecule has 0 radical (unpaired) electrons. The third-order valence-corrected chi connectivity index (χ3v) is 4.55. The van der Waals surface area contributed by atoms with E-state index in [2.05, 4.69) is 17.2 Å². The number of carbonyl (C=O) groups excluding carboxylic acids is 1. The van der Waals surface area contributed by atoms with Gasteiger partial charge in [0.1, 0.15) is 6.33 Å². The molecule has 0 saturated heterocycles. The summed E-state index contributed by atoms with van der Waals surface area (Å²) in [5.41, 5.74) is 3.73. The van der Waals surface area contributed by atoms with Crippen molar-refractivity contribution < 1.29 is 4.79 Å². The molecule has 1 saturated carbocycles. The fourth-order valence-electron chi connectivity index (χ4n) is 2.94. The van der Waals surface area contributed by atoms with Gasteiger partial charge in [-0.2, -0.15) is 0 Å². The fourth-order valence-corrected chi connectivity index (χ4v) is 2.94. The number of nitrogens with zero attached hydrogens (tertiary/aromatic N) is 2. The molecule has 1 N–H and O–H groups in total. The molecule has 2 aromatic carbocycles. The molecule has 4 nitrogen and oxygen atoms in total. The van der Waals surface area contributed by atoms with Gasteiger partial charge in [-0.05, 0) is 62.1 Å². The van der Waals surface area contributed by atoms with Gasteiger partial charge in [0.05, 0.1) is 11.0 Å². The van der Waals surface area contributed by atoms with E-state index < -0.39 is 0 Å². The zero-order valence-corrected chi connectivity index (χ0v) is 13.1. The lowest BCUT2D eigenvalue weighted by Crippen LogP contribution is -2.33. The Bertz CT molecular complexity index is 846. The summed E-state index contributed by atoms with van der Waals surface area (Å²) >= 11 is 0. The summed E-state index contributed by atoms with van der Waals surface area (Å²) in [4.78, 5) is 16.7. The maximum Gasteiger partial charge on any atom is 0.251 e. The van der Waals surface area contributed by atoms with Gasteiger partial charge in [0, 0.05) is 17.3 Å². The Morgan fingerprint density at radius 2 is 1.91 bits per heavy atom. The first-order chi connectivity index (χ1) is 11.2. The number of hydrogen-bond donors (Lipinski definition) is 1. The van der Waals surface area contributed by atoms with Gasteiger partial charge >= 0.3 is 0 Å². The SMILES string of the molecule is C[C@@H](NC(=O)c1ccc(-n2cnc3ccccc32)cc1)C1CC1. The van der Waals surface area contributed by atoms with E-state index in [9.17, 15) is 4.79 Å². The molecule has 1 aliphatic carbocycles. The zero-order valence-electron chi connectivity index (χ0n) is 13.1. The molecule has 0 unspecified atom stereocenters. The van der Waals surface area contributed by atoms with Crippen molar-refractivity contribution in [2.24, 2.45) is 5.92 Å². The normalized spacial score (nSPS) is 15.5. The van der Waals surface area contributed by atoms with Crippen LogP contribution >= 0.6 is 0 Å². The summed E-state index contributed by atoms with van der Waals surface area (Å²) in [7, 11) is 0. The van der Waals surface area contributed by atoms with Crippen LogP contribution in [0.4, 0.5) is 0 Å². The first-order valence-corrected chi connectivity index (χ1v) is 8.06. The van der Waals surface area contributed by atoms with Crippen LogP contribution in [0, 0.1) is 5.92 Å². The van der Waals surface area contributed by atoms with Gasteiger partial charge in [0.15, 0.2) is 0 Å². The van der Waals surface area contributed by atoms with Crippen molar-refractivity contribution in [2.45, 2.75) is 25.8 Å². The molecule has 1 aliphatic rings. The van der Waals surface area contributed by atoms with Gasteiger partial charge in [-0.1, -0.05) is 12.1 Å². The Hall–Kier alpha value is -2.62. The number of aromatic nitrogens is 2. The quantitative estimate of drug-likeness (QED) is 0.801. The van der Waals surface area contributed by atoms with E-state index in [4.69, 9.17) is 0 Å². The second kappa shape index (κ2) is 5.54. The van der Waals surface area contributed by atoms with E-state index in [0.29, 0.717) is 11.5 Å². The second-order valence-electron chi connectivity index (χ2n) is 6.25. The van der Waals surface area contributed by atoms with Crippen LogP contribution < -0.4 is 5.32 Å². The minimum absolute atomic E-state index is 0.00596. The Kier molecular flexibility index (Phi) is 3.37. The summed E-state index contributed by atoms with van der Waals surface area (Å²) < 4.78 is 2.03. The summed E-state index contributed by atoms with van der Waals surface area (Å²) in [6.07, 6.45) is 4.27. The predicted molar refractivity (Wildman–Crippen MR) is 90.7 cm³/mol. The molecule has 0 spiro atoms. The van der Waals surface area contributed by atoms with Crippen LogP contribution in [0.2, 0.25) is 0 Å². The average molecular weight is 305 g/mol. The van der Waals surface area contributed by atoms with Crippen LogP contribution in [0.1, 0.15) is 30.1 Å². The Labute approximate surface area is 135 Å². The van der Waals surface area contributed by atoms with E-state index in [1.165, 1.54) is 12.8 Å². The number of para-hydroxylation sites is 2. The van der Waals surface area contributed by atoms with Gasteiger partial charge in [-0.3, -0.25) is 9.36 Å². The number of imidazole rings is 1. The molecule has 4 heteroatoms. The highest BCUT2D eigenvalue weighted by Gasteiger charge is 2.29. The predicted octanol–water partition coefficient (Wildman–Crippen LogP) is 3.55. The first kappa shape index (κ1) is 14.0. The zero-order chi connectivity index (χ0) is 15.8. The number of nitrogens with one attached hydrogen (secondary N) is 1. The summed E-state index contributed by atoms with van der Waals surface area (Å²) in [6, 6.07) is 16.0. The third-order valence-electron chi connectivity index (χ3n) is 4.55. The molecule has 1 amide bonds. The highest BCUT2D eigenvalue weighted by Crippen LogP contribution is 2.32. The molecule has 0 bridgehead atoms. The minimum atomic E-state index is 0.00596. The largest absolute Gasteiger partial charge is 0.349 e. The molecule has 116 valence electrons. The van der Waals surface area contributed by atoms with Crippen LogP contribution in [-0.2, 0) is 0 Å². The Morgan fingerprint density at radius 3 is 2.65 bits per heavy atom. The maximum atomic E-state index is 12.3. The number of carbonyl (C=O) groups is 1. The van der Waals surface area contributed by atoms with Gasteiger partial charge in [-0.25, -0.2) is 4.98 Å². The lowest BCUT2D eigenvalue weighted by atomic mass is 10.1. The van der Waals surface area contributed by atoms with Crippen LogP contribution in [0.5, 0.6) is 0 Å². The molecule has 0 aliphatic heterocycles. The molecule has 1 atom stereocenters. The third kappa shape index (κ3) is 2.72. The van der Waals surface area contributed by atoms with Crippen molar-refractivity contribution >= 4 is 16.9 Å². The van der Waals surface area contributed by atoms with E-state index in [0.717, 1.165) is 16.7 Å². The number of fused-ring (bicyclic) bond motifs is 1. The van der Waals surface area contributed by atoms with Crippen molar-refractivity contribution in [3.8, 4) is 5.69 Å². The van der Waals surface area contributed by atoms with Crippen LogP contribution in [0.25, 0.3) is 16.7 Å². The monoisotopic (exact) mass is 305 g/mol. The number of benzene rings is 2. The van der Waals surface area contributed by atoms with E-state index in [1.807, 2.05) is 59.4 Å².